The molecule has 1 heterocycles. The Balaban J connectivity index is 2.55. The van der Waals surface area contributed by atoms with E-state index in [0.717, 1.165) is 5.01 Å². The molecule has 2 N–H and O–H groups in total. The lowest BCUT2D eigenvalue weighted by Crippen LogP contribution is -2.41. The molecule has 15 heavy (non-hydrogen) atoms. The Bertz CT molecular complexity index is 337. The maximum Gasteiger partial charge on any atom is 0.236 e. The molecule has 4 nitrogen and oxygen atoms in total. The first-order valence-electron chi connectivity index (χ1n) is 4.94. The lowest BCUT2D eigenvalue weighted by atomic mass is 10.2. The molecular formula is C10H17N3OS. The van der Waals surface area contributed by atoms with E-state index in [9.17, 15) is 4.79 Å². The molecule has 0 saturated carbocycles. The number of aromatic nitrogens is 1. The highest BCUT2D eigenvalue weighted by Crippen LogP contribution is 2.19. The summed E-state index contributed by atoms with van der Waals surface area (Å²) in [6.45, 7) is 5.88. The zero-order valence-corrected chi connectivity index (χ0v) is 10.3. The van der Waals surface area contributed by atoms with Gasteiger partial charge in [0.1, 0.15) is 5.01 Å². The Morgan fingerprint density at radius 1 is 1.53 bits per heavy atom. The fraction of sp³-hybridized carbons (Fsp3) is 0.600. The Morgan fingerprint density at radius 2 is 2.20 bits per heavy atom. The van der Waals surface area contributed by atoms with Crippen molar-refractivity contribution in [3.63, 3.8) is 0 Å². The molecule has 84 valence electrons. The predicted octanol–water partition coefficient (Wildman–Crippen LogP) is 1.24. The fourth-order valence-electron chi connectivity index (χ4n) is 1.31. The van der Waals surface area contributed by atoms with Crippen LogP contribution in [0.1, 0.15) is 29.8 Å². The average molecular weight is 227 g/mol. The van der Waals surface area contributed by atoms with Gasteiger partial charge in [-0.15, -0.1) is 11.3 Å². The molecule has 2 atom stereocenters. The van der Waals surface area contributed by atoms with Crippen molar-refractivity contribution < 1.29 is 4.79 Å². The van der Waals surface area contributed by atoms with Gasteiger partial charge >= 0.3 is 0 Å². The minimum absolute atomic E-state index is 0.00451. The van der Waals surface area contributed by atoms with Crippen LogP contribution in [0.3, 0.4) is 0 Å². The number of carbonyl (C=O) groups is 1. The van der Waals surface area contributed by atoms with Crippen LogP contribution in [-0.4, -0.2) is 24.0 Å². The molecule has 1 aromatic heterocycles. The molecule has 0 aromatic carbocycles. The molecule has 0 spiro atoms. The van der Waals surface area contributed by atoms with Crippen LogP contribution in [0, 0.1) is 6.92 Å². The monoisotopic (exact) mass is 227 g/mol. The normalized spacial score (nSPS) is 14.7. The van der Waals surface area contributed by atoms with Crippen molar-refractivity contribution in [3.05, 3.63) is 16.1 Å². The quantitative estimate of drug-likeness (QED) is 0.813. The van der Waals surface area contributed by atoms with Crippen molar-refractivity contribution in [2.45, 2.75) is 32.9 Å². The van der Waals surface area contributed by atoms with Crippen LogP contribution in [0.2, 0.25) is 0 Å². The van der Waals surface area contributed by atoms with Gasteiger partial charge < -0.3 is 5.32 Å². The zero-order chi connectivity index (χ0) is 11.4. The van der Waals surface area contributed by atoms with Gasteiger partial charge in [0.25, 0.3) is 0 Å². The minimum Gasteiger partial charge on any atom is -0.358 e. The number of hydrogen-bond donors (Lipinski definition) is 2. The molecule has 2 unspecified atom stereocenters. The molecule has 0 saturated heterocycles. The summed E-state index contributed by atoms with van der Waals surface area (Å²) in [4.78, 5) is 16.8. The van der Waals surface area contributed by atoms with Crippen LogP contribution in [0.15, 0.2) is 6.20 Å². The number of rotatable bonds is 4. The first kappa shape index (κ1) is 12.1. The summed E-state index contributed by atoms with van der Waals surface area (Å²) in [6, 6.07) is -0.0924. The average Bonchev–Trinajstić information content (AvgIpc) is 2.63. The van der Waals surface area contributed by atoms with Gasteiger partial charge in [0.05, 0.1) is 12.1 Å². The summed E-state index contributed by atoms with van der Waals surface area (Å²) in [6.07, 6.45) is 1.85. The van der Waals surface area contributed by atoms with Crippen LogP contribution in [0.5, 0.6) is 0 Å². The van der Waals surface area contributed by atoms with E-state index in [2.05, 4.69) is 15.6 Å². The number of carbonyl (C=O) groups excluding carboxylic acids is 1. The second-order valence-electron chi connectivity index (χ2n) is 3.53. The van der Waals surface area contributed by atoms with Crippen molar-refractivity contribution in [1.82, 2.24) is 15.6 Å². The largest absolute Gasteiger partial charge is 0.358 e. The van der Waals surface area contributed by atoms with Crippen LogP contribution >= 0.6 is 11.3 Å². The zero-order valence-electron chi connectivity index (χ0n) is 9.50. The van der Waals surface area contributed by atoms with E-state index in [1.165, 1.54) is 4.88 Å². The van der Waals surface area contributed by atoms with E-state index >= 15 is 0 Å². The molecule has 1 amide bonds. The van der Waals surface area contributed by atoms with E-state index in [4.69, 9.17) is 0 Å². The minimum atomic E-state index is -0.200. The van der Waals surface area contributed by atoms with Gasteiger partial charge in [-0.1, -0.05) is 0 Å². The van der Waals surface area contributed by atoms with Crippen LogP contribution in [0.25, 0.3) is 0 Å². The summed E-state index contributed by atoms with van der Waals surface area (Å²) in [5.41, 5.74) is 0. The predicted molar refractivity (Wildman–Crippen MR) is 61.9 cm³/mol. The number of aryl methyl sites for hydroxylation is 1. The molecule has 0 bridgehead atoms. The SMILES string of the molecule is CNC(=O)C(C)NC(C)c1ncc(C)s1. The van der Waals surface area contributed by atoms with Gasteiger partial charge in [0.15, 0.2) is 0 Å². The van der Waals surface area contributed by atoms with Crippen LogP contribution in [-0.2, 0) is 4.79 Å². The van der Waals surface area contributed by atoms with Gasteiger partial charge in [-0.05, 0) is 20.8 Å². The molecule has 0 aliphatic rings. The molecule has 0 aliphatic heterocycles. The van der Waals surface area contributed by atoms with Crippen LogP contribution in [0.4, 0.5) is 0 Å². The number of likely N-dealkylation sites (N-methyl/N-ethyl adjacent to an activating group) is 1. The van der Waals surface area contributed by atoms with Crippen molar-refractivity contribution >= 4 is 17.2 Å². The van der Waals surface area contributed by atoms with Gasteiger partial charge in [-0.25, -0.2) is 4.98 Å². The number of nitrogens with one attached hydrogen (secondary N) is 2. The second kappa shape index (κ2) is 5.23. The molecule has 5 heteroatoms. The number of hydrogen-bond acceptors (Lipinski definition) is 4. The molecular weight excluding hydrogens is 210 g/mol. The van der Waals surface area contributed by atoms with Crippen molar-refractivity contribution in [3.8, 4) is 0 Å². The van der Waals surface area contributed by atoms with E-state index in [1.807, 2.05) is 27.0 Å². The lowest BCUT2D eigenvalue weighted by molar-refractivity contribution is -0.122. The summed E-state index contributed by atoms with van der Waals surface area (Å²) < 4.78 is 0. The third kappa shape index (κ3) is 3.28. The highest BCUT2D eigenvalue weighted by atomic mass is 32.1. The first-order valence-corrected chi connectivity index (χ1v) is 5.76. The van der Waals surface area contributed by atoms with Crippen molar-refractivity contribution in [2.24, 2.45) is 0 Å². The number of nitrogens with zero attached hydrogens (tertiary/aromatic N) is 1. The van der Waals surface area contributed by atoms with Crippen molar-refractivity contribution in [1.29, 1.82) is 0 Å². The van der Waals surface area contributed by atoms with Crippen molar-refractivity contribution in [2.75, 3.05) is 7.05 Å². The molecule has 0 aliphatic carbocycles. The van der Waals surface area contributed by atoms with Gasteiger partial charge in [0.2, 0.25) is 5.91 Å². The third-order valence-corrected chi connectivity index (χ3v) is 3.24. The van der Waals surface area contributed by atoms with Gasteiger partial charge in [-0.2, -0.15) is 0 Å². The molecule has 0 fully saturated rings. The van der Waals surface area contributed by atoms with E-state index in [0.29, 0.717) is 0 Å². The van der Waals surface area contributed by atoms with Gasteiger partial charge in [0, 0.05) is 18.1 Å². The lowest BCUT2D eigenvalue weighted by Gasteiger charge is -2.16. The third-order valence-electron chi connectivity index (χ3n) is 2.15. The van der Waals surface area contributed by atoms with E-state index < -0.39 is 0 Å². The van der Waals surface area contributed by atoms with Crippen LogP contribution < -0.4 is 10.6 Å². The number of thiazole rings is 1. The Hall–Kier alpha value is -0.940. The summed E-state index contributed by atoms with van der Waals surface area (Å²) in [5.74, 6) is -0.00451. The Morgan fingerprint density at radius 3 is 2.67 bits per heavy atom. The first-order chi connectivity index (χ1) is 7.04. The topological polar surface area (TPSA) is 54.0 Å². The maximum atomic E-state index is 11.3. The highest BCUT2D eigenvalue weighted by molar-refractivity contribution is 7.11. The summed E-state index contributed by atoms with van der Waals surface area (Å²) in [7, 11) is 1.64. The molecule has 1 rings (SSSR count). The van der Waals surface area contributed by atoms with E-state index in [1.54, 1.807) is 18.4 Å². The van der Waals surface area contributed by atoms with E-state index in [-0.39, 0.29) is 18.0 Å². The second-order valence-corrected chi connectivity index (χ2v) is 4.80. The van der Waals surface area contributed by atoms with Gasteiger partial charge in [-0.3, -0.25) is 10.1 Å². The summed E-state index contributed by atoms with van der Waals surface area (Å²) in [5, 5.41) is 6.82. The summed E-state index contributed by atoms with van der Waals surface area (Å²) >= 11 is 1.65. The molecule has 0 radical (unpaired) electrons. The Kier molecular flexibility index (Phi) is 4.23. The smallest absolute Gasteiger partial charge is 0.236 e. The molecule has 1 aromatic rings. The standard InChI is InChI=1S/C10H17N3OS/c1-6-5-12-10(15-6)8(3)13-7(2)9(14)11-4/h5,7-8,13H,1-4H3,(H,11,14). The number of amides is 1. The maximum absolute atomic E-state index is 11.3. The Labute approximate surface area is 94.1 Å². The fourth-order valence-corrected chi connectivity index (χ4v) is 2.10. The highest BCUT2D eigenvalue weighted by Gasteiger charge is 2.16.